The number of hydrogen-bond acceptors (Lipinski definition) is 6. The molecule has 3 aromatic heterocycles. The Hall–Kier alpha value is -4.79. The summed E-state index contributed by atoms with van der Waals surface area (Å²) < 4.78 is 9.04. The van der Waals surface area contributed by atoms with E-state index in [1.54, 1.807) is 43.3 Å². The van der Waals surface area contributed by atoms with Crippen molar-refractivity contribution in [3.8, 4) is 17.3 Å². The molecular weight excluding hydrogens is 444 g/mol. The molecule has 0 atom stereocenters. The Kier molecular flexibility index (Phi) is 5.58. The smallest absolute Gasteiger partial charge is 0.276 e. The Morgan fingerprint density at radius 1 is 0.971 bits per heavy atom. The summed E-state index contributed by atoms with van der Waals surface area (Å²) in [7, 11) is 1.90. The van der Waals surface area contributed by atoms with E-state index in [-0.39, 0.29) is 11.3 Å². The number of aromatic nitrogens is 5. The Bertz CT molecular complexity index is 1600. The largest absolute Gasteiger partial charge is 0.438 e. The molecule has 0 radical (unpaired) electrons. The summed E-state index contributed by atoms with van der Waals surface area (Å²) in [4.78, 5) is 33.9. The molecule has 9 heteroatoms. The first kappa shape index (κ1) is 22.0. The summed E-state index contributed by atoms with van der Waals surface area (Å²) in [6, 6.07) is 17.6. The number of hydrogen-bond donors (Lipinski definition) is 1. The molecule has 174 valence electrons. The van der Waals surface area contributed by atoms with E-state index in [9.17, 15) is 9.59 Å². The first-order chi connectivity index (χ1) is 16.9. The van der Waals surface area contributed by atoms with E-state index < -0.39 is 5.91 Å². The van der Waals surface area contributed by atoms with Crippen molar-refractivity contribution in [1.82, 2.24) is 24.3 Å². The summed E-state index contributed by atoms with van der Waals surface area (Å²) in [5.74, 6) is 0.596. The molecule has 1 N–H and O–H groups in total. The normalized spacial score (nSPS) is 10.9. The van der Waals surface area contributed by atoms with Gasteiger partial charge in [-0.2, -0.15) is 9.78 Å². The summed E-state index contributed by atoms with van der Waals surface area (Å²) in [5.41, 5.74) is 3.34. The van der Waals surface area contributed by atoms with Crippen LogP contribution >= 0.6 is 0 Å². The molecule has 0 bridgehead atoms. The number of rotatable bonds is 5. The van der Waals surface area contributed by atoms with Crippen molar-refractivity contribution in [1.29, 1.82) is 0 Å². The Labute approximate surface area is 200 Å². The maximum Gasteiger partial charge on any atom is 0.276 e. The monoisotopic (exact) mass is 466 g/mol. The second kappa shape index (κ2) is 8.86. The predicted octanol–water partition coefficient (Wildman–Crippen LogP) is 4.18. The van der Waals surface area contributed by atoms with Crippen LogP contribution in [-0.4, -0.2) is 30.2 Å². The summed E-state index contributed by atoms with van der Waals surface area (Å²) in [6.45, 7) is 3.64. The number of anilines is 1. The van der Waals surface area contributed by atoms with Gasteiger partial charge in [-0.25, -0.2) is 9.97 Å². The van der Waals surface area contributed by atoms with Gasteiger partial charge in [0.1, 0.15) is 17.7 Å². The number of amides is 1. The Morgan fingerprint density at radius 3 is 2.46 bits per heavy atom. The first-order valence-corrected chi connectivity index (χ1v) is 10.9. The number of aryl methyl sites for hydroxylation is 3. The number of benzene rings is 2. The molecule has 0 fully saturated rings. The third-order valence-corrected chi connectivity index (χ3v) is 5.57. The van der Waals surface area contributed by atoms with Gasteiger partial charge >= 0.3 is 0 Å². The van der Waals surface area contributed by atoms with E-state index in [0.717, 1.165) is 16.6 Å². The van der Waals surface area contributed by atoms with Crippen molar-refractivity contribution in [3.05, 3.63) is 100 Å². The van der Waals surface area contributed by atoms with Gasteiger partial charge in [-0.05, 0) is 61.9 Å². The van der Waals surface area contributed by atoms with Crippen LogP contribution in [0.3, 0.4) is 0 Å². The van der Waals surface area contributed by atoms with E-state index >= 15 is 0 Å². The third-order valence-electron chi connectivity index (χ3n) is 5.57. The van der Waals surface area contributed by atoms with Crippen LogP contribution in [0.4, 0.5) is 5.69 Å². The van der Waals surface area contributed by atoms with Crippen molar-refractivity contribution in [3.63, 3.8) is 0 Å². The van der Waals surface area contributed by atoms with Crippen LogP contribution in [0.5, 0.6) is 11.6 Å². The maximum absolute atomic E-state index is 13.0. The van der Waals surface area contributed by atoms with Crippen LogP contribution in [-0.2, 0) is 7.05 Å². The number of ether oxygens (including phenoxy) is 1. The highest BCUT2D eigenvalue weighted by atomic mass is 16.5. The van der Waals surface area contributed by atoms with Crippen LogP contribution < -0.4 is 15.6 Å². The SMILES string of the molecule is Cc1ccc(-n2nc(C(=O)Nc3ccc(Oc4ncnc5c4ccn5C)cc3)c(C)cc2=O)cc1. The average Bonchev–Trinajstić information content (AvgIpc) is 3.23. The molecule has 0 spiro atoms. The van der Waals surface area contributed by atoms with Crippen molar-refractivity contribution in [2.75, 3.05) is 5.32 Å². The molecule has 3 heterocycles. The fourth-order valence-electron chi connectivity index (χ4n) is 3.68. The van der Waals surface area contributed by atoms with Crippen LogP contribution in [0.2, 0.25) is 0 Å². The van der Waals surface area contributed by atoms with Crippen LogP contribution in [0.1, 0.15) is 21.6 Å². The second-order valence-electron chi connectivity index (χ2n) is 8.18. The first-order valence-electron chi connectivity index (χ1n) is 10.9. The van der Waals surface area contributed by atoms with Gasteiger partial charge in [-0.1, -0.05) is 17.7 Å². The minimum atomic E-state index is -0.418. The molecule has 9 nitrogen and oxygen atoms in total. The zero-order valence-electron chi connectivity index (χ0n) is 19.4. The van der Waals surface area contributed by atoms with Gasteiger partial charge in [-0.15, -0.1) is 0 Å². The second-order valence-corrected chi connectivity index (χ2v) is 8.18. The number of nitrogens with zero attached hydrogens (tertiary/aromatic N) is 5. The number of nitrogens with one attached hydrogen (secondary N) is 1. The van der Waals surface area contributed by atoms with E-state index in [1.807, 2.05) is 42.9 Å². The topological polar surface area (TPSA) is 104 Å². The van der Waals surface area contributed by atoms with Gasteiger partial charge in [0.05, 0.1) is 11.1 Å². The quantitative estimate of drug-likeness (QED) is 0.417. The lowest BCUT2D eigenvalue weighted by Gasteiger charge is -2.11. The zero-order valence-corrected chi connectivity index (χ0v) is 19.4. The Balaban J connectivity index is 1.35. The lowest BCUT2D eigenvalue weighted by molar-refractivity contribution is 0.102. The van der Waals surface area contributed by atoms with Crippen molar-refractivity contribution >= 4 is 22.6 Å². The molecule has 2 aromatic carbocycles. The molecule has 0 aliphatic carbocycles. The van der Waals surface area contributed by atoms with Crippen LogP contribution in [0.15, 0.2) is 78.0 Å². The third kappa shape index (κ3) is 4.39. The van der Waals surface area contributed by atoms with Gasteiger partial charge in [-0.3, -0.25) is 9.59 Å². The van der Waals surface area contributed by atoms with E-state index in [1.165, 1.54) is 17.1 Å². The molecule has 0 unspecified atom stereocenters. The molecule has 0 saturated heterocycles. The van der Waals surface area contributed by atoms with E-state index in [4.69, 9.17) is 4.74 Å². The molecule has 35 heavy (non-hydrogen) atoms. The fourth-order valence-corrected chi connectivity index (χ4v) is 3.68. The lowest BCUT2D eigenvalue weighted by Crippen LogP contribution is -2.26. The predicted molar refractivity (Wildman–Crippen MR) is 132 cm³/mol. The minimum Gasteiger partial charge on any atom is -0.438 e. The molecule has 5 rings (SSSR count). The summed E-state index contributed by atoms with van der Waals surface area (Å²) in [6.07, 6.45) is 3.35. The molecule has 5 aromatic rings. The van der Waals surface area contributed by atoms with Gasteiger partial charge in [0.2, 0.25) is 5.88 Å². The van der Waals surface area contributed by atoms with Crippen LogP contribution in [0.25, 0.3) is 16.7 Å². The van der Waals surface area contributed by atoms with Crippen LogP contribution in [0, 0.1) is 13.8 Å². The standard InChI is InChI=1S/C26H22N6O3/c1-16-4-8-19(9-5-16)32-22(33)14-17(2)23(30-32)25(34)29-18-6-10-20(11-7-18)35-26-21-12-13-31(3)24(21)27-15-28-26/h4-15H,1-3H3,(H,29,34). The van der Waals surface area contributed by atoms with Gasteiger partial charge in [0.25, 0.3) is 11.5 Å². The highest BCUT2D eigenvalue weighted by molar-refractivity contribution is 6.03. The number of carbonyl (C=O) groups excluding carboxylic acids is 1. The molecule has 1 amide bonds. The molecular formula is C26H22N6O3. The van der Waals surface area contributed by atoms with Crippen molar-refractivity contribution < 1.29 is 9.53 Å². The highest BCUT2D eigenvalue weighted by Crippen LogP contribution is 2.27. The minimum absolute atomic E-state index is 0.165. The molecule has 0 saturated carbocycles. The van der Waals surface area contributed by atoms with Crippen molar-refractivity contribution in [2.24, 2.45) is 7.05 Å². The van der Waals surface area contributed by atoms with Gasteiger partial charge < -0.3 is 14.6 Å². The van der Waals surface area contributed by atoms with Gasteiger partial charge in [0.15, 0.2) is 5.69 Å². The van der Waals surface area contributed by atoms with E-state index in [2.05, 4.69) is 20.4 Å². The number of fused-ring (bicyclic) bond motifs is 1. The summed E-state index contributed by atoms with van der Waals surface area (Å²) in [5, 5.41) is 7.96. The lowest BCUT2D eigenvalue weighted by atomic mass is 10.2. The Morgan fingerprint density at radius 2 is 1.71 bits per heavy atom. The maximum atomic E-state index is 13.0. The zero-order chi connectivity index (χ0) is 24.5. The van der Waals surface area contributed by atoms with Crippen molar-refractivity contribution in [2.45, 2.75) is 13.8 Å². The molecule has 0 aliphatic rings. The van der Waals surface area contributed by atoms with E-state index in [0.29, 0.717) is 28.6 Å². The number of carbonyl (C=O) groups is 1. The molecule has 0 aliphatic heterocycles. The average molecular weight is 467 g/mol. The fraction of sp³-hybridized carbons (Fsp3) is 0.115. The summed E-state index contributed by atoms with van der Waals surface area (Å²) >= 11 is 0. The van der Waals surface area contributed by atoms with Gasteiger partial charge in [0, 0.05) is 25.0 Å². The highest BCUT2D eigenvalue weighted by Gasteiger charge is 2.15.